The van der Waals surface area contributed by atoms with Crippen LogP contribution < -0.4 is 0 Å². The first-order chi connectivity index (χ1) is 7.35. The van der Waals surface area contributed by atoms with Crippen LogP contribution in [0.2, 0.25) is 0 Å². The Labute approximate surface area is 87.8 Å². The number of allylic oxidation sites excluding steroid dienone is 1. The lowest BCUT2D eigenvalue weighted by Crippen LogP contribution is -1.81. The van der Waals surface area contributed by atoms with E-state index in [4.69, 9.17) is 0 Å². The van der Waals surface area contributed by atoms with Crippen molar-refractivity contribution in [3.05, 3.63) is 35.7 Å². The molecule has 2 rings (SSSR count). The molecule has 3 heteroatoms. The van der Waals surface area contributed by atoms with Crippen LogP contribution in [0.25, 0.3) is 17.1 Å². The summed E-state index contributed by atoms with van der Waals surface area (Å²) in [5.41, 5.74) is 2.66. The zero-order valence-corrected chi connectivity index (χ0v) is 8.53. The molecule has 0 aliphatic rings. The number of pyridine rings is 1. The van der Waals surface area contributed by atoms with Gasteiger partial charge in [0.05, 0.1) is 0 Å². The van der Waals surface area contributed by atoms with Crippen LogP contribution in [0, 0.1) is 0 Å². The zero-order chi connectivity index (χ0) is 10.7. The molecule has 0 atom stereocenters. The van der Waals surface area contributed by atoms with Gasteiger partial charge in [-0.25, -0.2) is 4.98 Å². The van der Waals surface area contributed by atoms with Crippen molar-refractivity contribution >= 4 is 23.4 Å². The average Bonchev–Trinajstić information content (AvgIpc) is 2.69. The third-order valence-corrected chi connectivity index (χ3v) is 2.38. The van der Waals surface area contributed by atoms with Gasteiger partial charge in [0.2, 0.25) is 0 Å². The smallest absolute Gasteiger partial charge is 0.146 e. The van der Waals surface area contributed by atoms with Crippen LogP contribution in [0.4, 0.5) is 0 Å². The fourth-order valence-electron chi connectivity index (χ4n) is 1.52. The highest BCUT2D eigenvalue weighted by atomic mass is 16.1. The average molecular weight is 200 g/mol. The summed E-state index contributed by atoms with van der Waals surface area (Å²) in [6.07, 6.45) is 7.16. The summed E-state index contributed by atoms with van der Waals surface area (Å²) in [6, 6.07) is 3.88. The lowest BCUT2D eigenvalue weighted by atomic mass is 10.1. The molecule has 0 unspecified atom stereocenters. The molecule has 1 N–H and O–H groups in total. The van der Waals surface area contributed by atoms with Crippen LogP contribution in [0.3, 0.4) is 0 Å². The second-order valence-corrected chi connectivity index (χ2v) is 3.33. The van der Waals surface area contributed by atoms with Gasteiger partial charge in [-0.15, -0.1) is 0 Å². The summed E-state index contributed by atoms with van der Waals surface area (Å²) in [6.45, 7) is 1.97. The third kappa shape index (κ3) is 1.81. The van der Waals surface area contributed by atoms with Crippen molar-refractivity contribution < 1.29 is 4.79 Å². The third-order valence-electron chi connectivity index (χ3n) is 2.38. The van der Waals surface area contributed by atoms with Gasteiger partial charge in [0.25, 0.3) is 0 Å². The Morgan fingerprint density at radius 1 is 1.60 bits per heavy atom. The van der Waals surface area contributed by atoms with Gasteiger partial charge in [0, 0.05) is 23.3 Å². The van der Waals surface area contributed by atoms with Crippen molar-refractivity contribution in [2.45, 2.75) is 13.3 Å². The highest BCUT2D eigenvalue weighted by Crippen LogP contribution is 2.18. The molecule has 0 aliphatic carbocycles. The summed E-state index contributed by atoms with van der Waals surface area (Å²) in [5, 5.41) is 1.05. The van der Waals surface area contributed by atoms with Crippen molar-refractivity contribution in [1.29, 1.82) is 0 Å². The molecule has 3 nitrogen and oxygen atoms in total. The number of nitrogens with one attached hydrogen (secondary N) is 1. The largest absolute Gasteiger partial charge is 0.346 e. The minimum atomic E-state index is 0.746. The Balaban J connectivity index is 2.53. The van der Waals surface area contributed by atoms with Crippen molar-refractivity contribution in [3.63, 3.8) is 0 Å². The maximum absolute atomic E-state index is 10.7. The van der Waals surface area contributed by atoms with Gasteiger partial charge in [0.15, 0.2) is 0 Å². The number of carbonyl (C=O) groups excluding carboxylic acids is 1. The van der Waals surface area contributed by atoms with E-state index in [1.165, 1.54) is 0 Å². The van der Waals surface area contributed by atoms with Gasteiger partial charge in [-0.05, 0) is 30.2 Å². The monoisotopic (exact) mass is 200 g/mol. The Bertz CT molecular complexity index is 511. The SMILES string of the molecule is CCC(C=O)=Cc1c[nH]c2ncccc12. The number of aromatic amines is 1. The first-order valence-corrected chi connectivity index (χ1v) is 4.93. The van der Waals surface area contributed by atoms with Crippen molar-refractivity contribution in [1.82, 2.24) is 9.97 Å². The number of nitrogens with zero attached hydrogens (tertiary/aromatic N) is 1. The number of rotatable bonds is 3. The quantitative estimate of drug-likeness (QED) is 0.611. The Kier molecular flexibility index (Phi) is 2.63. The van der Waals surface area contributed by atoms with Crippen molar-refractivity contribution in [2.24, 2.45) is 0 Å². The van der Waals surface area contributed by atoms with Gasteiger partial charge in [-0.3, -0.25) is 4.79 Å². The number of aromatic nitrogens is 2. The second kappa shape index (κ2) is 4.09. The van der Waals surface area contributed by atoms with Gasteiger partial charge in [-0.2, -0.15) is 0 Å². The summed E-state index contributed by atoms with van der Waals surface area (Å²) in [4.78, 5) is 18.0. The molecule has 0 aliphatic heterocycles. The van der Waals surface area contributed by atoms with E-state index in [1.54, 1.807) is 6.20 Å². The van der Waals surface area contributed by atoms with Crippen LogP contribution >= 0.6 is 0 Å². The summed E-state index contributed by atoms with van der Waals surface area (Å²) in [5.74, 6) is 0. The van der Waals surface area contributed by atoms with E-state index in [1.807, 2.05) is 31.3 Å². The summed E-state index contributed by atoms with van der Waals surface area (Å²) in [7, 11) is 0. The summed E-state index contributed by atoms with van der Waals surface area (Å²) < 4.78 is 0. The number of aldehydes is 1. The maximum Gasteiger partial charge on any atom is 0.146 e. The fourth-order valence-corrected chi connectivity index (χ4v) is 1.52. The minimum Gasteiger partial charge on any atom is -0.346 e. The first-order valence-electron chi connectivity index (χ1n) is 4.93. The molecule has 0 bridgehead atoms. The first kappa shape index (κ1) is 9.65. The molecule has 0 amide bonds. The van der Waals surface area contributed by atoms with E-state index in [-0.39, 0.29) is 0 Å². The topological polar surface area (TPSA) is 45.8 Å². The molecule has 0 aromatic carbocycles. The van der Waals surface area contributed by atoms with Crippen LogP contribution in [0.1, 0.15) is 18.9 Å². The number of hydrogen-bond acceptors (Lipinski definition) is 2. The van der Waals surface area contributed by atoms with E-state index in [0.717, 1.165) is 34.9 Å². The van der Waals surface area contributed by atoms with E-state index in [2.05, 4.69) is 9.97 Å². The van der Waals surface area contributed by atoms with E-state index < -0.39 is 0 Å². The minimum absolute atomic E-state index is 0.746. The molecule has 2 aromatic rings. The molecule has 0 saturated carbocycles. The van der Waals surface area contributed by atoms with Crippen LogP contribution in [-0.2, 0) is 4.79 Å². The highest BCUT2D eigenvalue weighted by molar-refractivity contribution is 5.91. The second-order valence-electron chi connectivity index (χ2n) is 3.33. The molecular formula is C12H12N2O. The van der Waals surface area contributed by atoms with Gasteiger partial charge in [-0.1, -0.05) is 6.92 Å². The van der Waals surface area contributed by atoms with Crippen LogP contribution in [-0.4, -0.2) is 16.3 Å². The Morgan fingerprint density at radius 2 is 2.47 bits per heavy atom. The normalized spacial score (nSPS) is 11.9. The van der Waals surface area contributed by atoms with E-state index in [0.29, 0.717) is 0 Å². The maximum atomic E-state index is 10.7. The molecule has 0 saturated heterocycles. The van der Waals surface area contributed by atoms with Gasteiger partial charge < -0.3 is 4.98 Å². The highest BCUT2D eigenvalue weighted by Gasteiger charge is 2.01. The number of hydrogen-bond donors (Lipinski definition) is 1. The molecule has 76 valence electrons. The molecule has 2 heterocycles. The van der Waals surface area contributed by atoms with E-state index >= 15 is 0 Å². The molecular weight excluding hydrogens is 188 g/mol. The van der Waals surface area contributed by atoms with E-state index in [9.17, 15) is 4.79 Å². The molecule has 0 spiro atoms. The lowest BCUT2D eigenvalue weighted by Gasteiger charge is -1.93. The summed E-state index contributed by atoms with van der Waals surface area (Å²) >= 11 is 0. The predicted molar refractivity (Wildman–Crippen MR) is 60.4 cm³/mol. The Morgan fingerprint density at radius 3 is 3.20 bits per heavy atom. The molecule has 0 radical (unpaired) electrons. The van der Waals surface area contributed by atoms with Crippen molar-refractivity contribution in [2.75, 3.05) is 0 Å². The van der Waals surface area contributed by atoms with Gasteiger partial charge in [0.1, 0.15) is 11.9 Å². The standard InChI is InChI=1S/C12H12N2O/c1-2-9(8-15)6-10-7-14-12-11(10)4-3-5-13-12/h3-8H,2H2,1H3,(H,13,14). The lowest BCUT2D eigenvalue weighted by molar-refractivity contribution is -0.104. The number of fused-ring (bicyclic) bond motifs is 1. The molecule has 0 fully saturated rings. The Hall–Kier alpha value is -1.90. The molecule has 15 heavy (non-hydrogen) atoms. The van der Waals surface area contributed by atoms with Crippen molar-refractivity contribution in [3.8, 4) is 0 Å². The predicted octanol–water partition coefficient (Wildman–Crippen LogP) is 2.56. The zero-order valence-electron chi connectivity index (χ0n) is 8.53. The number of H-pyrrole nitrogens is 1. The van der Waals surface area contributed by atoms with Crippen LogP contribution in [0.15, 0.2) is 30.1 Å². The van der Waals surface area contributed by atoms with Gasteiger partial charge >= 0.3 is 0 Å². The fraction of sp³-hybridized carbons (Fsp3) is 0.167. The number of carbonyl (C=O) groups is 1. The van der Waals surface area contributed by atoms with Crippen LogP contribution in [0.5, 0.6) is 0 Å². The molecule has 2 aromatic heterocycles.